The smallest absolute Gasteiger partial charge is 0.269 e. The van der Waals surface area contributed by atoms with E-state index in [1.807, 2.05) is 54.6 Å². The number of carbonyl (C=O) groups is 1. The number of para-hydroxylation sites is 2. The lowest BCUT2D eigenvalue weighted by Gasteiger charge is -2.09. The maximum atomic E-state index is 12.6. The number of benzene rings is 2. The molecule has 0 unspecified atom stereocenters. The van der Waals surface area contributed by atoms with Crippen molar-refractivity contribution in [3.05, 3.63) is 72.2 Å². The Bertz CT molecular complexity index is 1080. The zero-order valence-electron chi connectivity index (χ0n) is 15.6. The highest BCUT2D eigenvalue weighted by molar-refractivity contribution is 5.93. The number of imidazole rings is 1. The summed E-state index contributed by atoms with van der Waals surface area (Å²) in [6.07, 6.45) is 0. The maximum absolute atomic E-state index is 12.6. The van der Waals surface area contributed by atoms with Crippen LogP contribution in [0.1, 0.15) is 16.3 Å². The minimum Gasteiger partial charge on any atom is -0.383 e. The van der Waals surface area contributed by atoms with Gasteiger partial charge in [-0.2, -0.15) is 5.10 Å². The van der Waals surface area contributed by atoms with Crippen molar-refractivity contribution in [3.8, 4) is 11.3 Å². The van der Waals surface area contributed by atoms with Crippen molar-refractivity contribution >= 4 is 16.9 Å². The third-order valence-electron chi connectivity index (χ3n) is 4.55. The summed E-state index contributed by atoms with van der Waals surface area (Å²) < 4.78 is 7.28. The number of nitrogens with zero attached hydrogens (tertiary/aromatic N) is 3. The summed E-state index contributed by atoms with van der Waals surface area (Å²) in [5, 5.41) is 9.96. The molecule has 1 amide bonds. The maximum Gasteiger partial charge on any atom is 0.269 e. The minimum absolute atomic E-state index is 0.222. The Balaban J connectivity index is 1.50. The van der Waals surface area contributed by atoms with Crippen molar-refractivity contribution in [1.29, 1.82) is 0 Å². The van der Waals surface area contributed by atoms with Gasteiger partial charge in [0.15, 0.2) is 0 Å². The molecule has 0 atom stereocenters. The van der Waals surface area contributed by atoms with Crippen LogP contribution in [-0.4, -0.2) is 39.4 Å². The summed E-state index contributed by atoms with van der Waals surface area (Å²) in [7, 11) is 1.67. The van der Waals surface area contributed by atoms with Crippen molar-refractivity contribution in [2.24, 2.45) is 0 Å². The number of aromatic amines is 1. The SMILES string of the molecule is COCCn1c(CNC(=O)c2cc(-c3ccccc3)n[nH]2)nc2ccccc21. The van der Waals surface area contributed by atoms with Crippen LogP contribution in [0.2, 0.25) is 0 Å². The van der Waals surface area contributed by atoms with E-state index in [0.29, 0.717) is 25.4 Å². The fraction of sp³-hybridized carbons (Fsp3) is 0.190. The number of hydrogen-bond donors (Lipinski definition) is 2. The number of amides is 1. The molecular weight excluding hydrogens is 354 g/mol. The van der Waals surface area contributed by atoms with E-state index < -0.39 is 0 Å². The van der Waals surface area contributed by atoms with E-state index in [1.54, 1.807) is 13.2 Å². The van der Waals surface area contributed by atoms with Crippen LogP contribution in [0.5, 0.6) is 0 Å². The van der Waals surface area contributed by atoms with Gasteiger partial charge in [-0.25, -0.2) is 4.98 Å². The van der Waals surface area contributed by atoms with Gasteiger partial charge in [-0.05, 0) is 18.2 Å². The summed E-state index contributed by atoms with van der Waals surface area (Å²) in [6.45, 7) is 1.56. The first-order valence-electron chi connectivity index (χ1n) is 9.08. The van der Waals surface area contributed by atoms with Gasteiger partial charge in [-0.1, -0.05) is 42.5 Å². The van der Waals surface area contributed by atoms with Gasteiger partial charge < -0.3 is 14.6 Å². The number of aromatic nitrogens is 4. The van der Waals surface area contributed by atoms with E-state index in [-0.39, 0.29) is 5.91 Å². The minimum atomic E-state index is -0.222. The Hall–Kier alpha value is -3.45. The predicted molar refractivity (Wildman–Crippen MR) is 107 cm³/mol. The number of ether oxygens (including phenoxy) is 1. The van der Waals surface area contributed by atoms with Gasteiger partial charge in [0.05, 0.1) is 29.9 Å². The van der Waals surface area contributed by atoms with Crippen LogP contribution < -0.4 is 5.32 Å². The number of nitrogens with one attached hydrogen (secondary N) is 2. The van der Waals surface area contributed by atoms with Gasteiger partial charge in [0.2, 0.25) is 0 Å². The van der Waals surface area contributed by atoms with Crippen LogP contribution in [0.4, 0.5) is 0 Å². The third-order valence-corrected chi connectivity index (χ3v) is 4.55. The number of rotatable bonds is 7. The first-order chi connectivity index (χ1) is 13.8. The molecule has 4 aromatic rings. The molecule has 0 radical (unpaired) electrons. The summed E-state index contributed by atoms with van der Waals surface area (Å²) in [6, 6.07) is 19.4. The van der Waals surface area contributed by atoms with Crippen LogP contribution in [0, 0.1) is 0 Å². The Morgan fingerprint density at radius 1 is 1.14 bits per heavy atom. The number of H-pyrrole nitrogens is 1. The molecule has 0 saturated carbocycles. The first kappa shape index (κ1) is 17.9. The lowest BCUT2D eigenvalue weighted by atomic mass is 10.1. The highest BCUT2D eigenvalue weighted by atomic mass is 16.5. The second-order valence-corrected chi connectivity index (χ2v) is 6.38. The topological polar surface area (TPSA) is 84.8 Å². The average molecular weight is 375 g/mol. The van der Waals surface area contributed by atoms with Crippen molar-refractivity contribution in [2.75, 3.05) is 13.7 Å². The van der Waals surface area contributed by atoms with Crippen LogP contribution in [-0.2, 0) is 17.8 Å². The van der Waals surface area contributed by atoms with Gasteiger partial charge in [0.1, 0.15) is 11.5 Å². The summed E-state index contributed by atoms with van der Waals surface area (Å²) in [5.74, 6) is 0.564. The molecule has 7 nitrogen and oxygen atoms in total. The molecule has 0 bridgehead atoms. The molecular formula is C21H21N5O2. The van der Waals surface area contributed by atoms with E-state index >= 15 is 0 Å². The van der Waals surface area contributed by atoms with Gasteiger partial charge in [0.25, 0.3) is 5.91 Å². The molecule has 0 saturated heterocycles. The zero-order chi connectivity index (χ0) is 19.3. The van der Waals surface area contributed by atoms with Gasteiger partial charge >= 0.3 is 0 Å². The predicted octanol–water partition coefficient (Wildman–Crippen LogP) is 3.00. The molecule has 2 aromatic heterocycles. The molecule has 0 aliphatic heterocycles. The first-order valence-corrected chi connectivity index (χ1v) is 9.08. The molecule has 2 heterocycles. The largest absolute Gasteiger partial charge is 0.383 e. The van der Waals surface area contributed by atoms with E-state index in [2.05, 4.69) is 25.1 Å². The number of hydrogen-bond acceptors (Lipinski definition) is 4. The average Bonchev–Trinajstić information content (AvgIpc) is 3.36. The molecule has 2 aromatic carbocycles. The highest BCUT2D eigenvalue weighted by Crippen LogP contribution is 2.18. The Kier molecular flexibility index (Phi) is 5.16. The fourth-order valence-electron chi connectivity index (χ4n) is 3.14. The molecule has 142 valence electrons. The highest BCUT2D eigenvalue weighted by Gasteiger charge is 2.14. The van der Waals surface area contributed by atoms with E-state index in [4.69, 9.17) is 4.74 Å². The molecule has 0 aliphatic rings. The molecule has 7 heteroatoms. The van der Waals surface area contributed by atoms with Crippen LogP contribution in [0.3, 0.4) is 0 Å². The molecule has 4 rings (SSSR count). The fourth-order valence-corrected chi connectivity index (χ4v) is 3.14. The second kappa shape index (κ2) is 8.06. The molecule has 0 aliphatic carbocycles. The number of fused-ring (bicyclic) bond motifs is 1. The Morgan fingerprint density at radius 3 is 2.75 bits per heavy atom. The molecule has 0 spiro atoms. The second-order valence-electron chi connectivity index (χ2n) is 6.38. The van der Waals surface area contributed by atoms with Crippen LogP contribution in [0.25, 0.3) is 22.3 Å². The monoisotopic (exact) mass is 375 g/mol. The van der Waals surface area contributed by atoms with E-state index in [1.165, 1.54) is 0 Å². The van der Waals surface area contributed by atoms with Crippen molar-refractivity contribution < 1.29 is 9.53 Å². The summed E-state index contributed by atoms with van der Waals surface area (Å²) >= 11 is 0. The molecule has 0 fully saturated rings. The Labute approximate surface area is 162 Å². The van der Waals surface area contributed by atoms with Gasteiger partial charge in [0, 0.05) is 19.2 Å². The lowest BCUT2D eigenvalue weighted by molar-refractivity contribution is 0.0944. The summed E-state index contributed by atoms with van der Waals surface area (Å²) in [4.78, 5) is 17.2. The van der Waals surface area contributed by atoms with Crippen molar-refractivity contribution in [2.45, 2.75) is 13.1 Å². The van der Waals surface area contributed by atoms with E-state index in [9.17, 15) is 4.79 Å². The van der Waals surface area contributed by atoms with E-state index in [0.717, 1.165) is 28.1 Å². The number of carbonyl (C=O) groups excluding carboxylic acids is 1. The quantitative estimate of drug-likeness (QED) is 0.520. The lowest BCUT2D eigenvalue weighted by Crippen LogP contribution is -2.25. The van der Waals surface area contributed by atoms with Crippen molar-refractivity contribution in [1.82, 2.24) is 25.1 Å². The van der Waals surface area contributed by atoms with Crippen molar-refractivity contribution in [3.63, 3.8) is 0 Å². The third kappa shape index (κ3) is 3.65. The van der Waals surface area contributed by atoms with Gasteiger partial charge in [-0.3, -0.25) is 9.89 Å². The molecule has 2 N–H and O–H groups in total. The van der Waals surface area contributed by atoms with Crippen LogP contribution >= 0.6 is 0 Å². The normalized spacial score (nSPS) is 11.0. The summed E-state index contributed by atoms with van der Waals surface area (Å²) in [5.41, 5.74) is 4.03. The standard InChI is InChI=1S/C21H21N5O2/c1-28-12-11-26-19-10-6-5-9-16(19)23-20(26)14-22-21(27)18-13-17(24-25-18)15-7-3-2-4-8-15/h2-10,13H,11-12,14H2,1H3,(H,22,27)(H,24,25). The van der Waals surface area contributed by atoms with Gasteiger partial charge in [-0.15, -0.1) is 0 Å². The number of methoxy groups -OCH3 is 1. The molecule has 28 heavy (non-hydrogen) atoms. The zero-order valence-corrected chi connectivity index (χ0v) is 15.6. The Morgan fingerprint density at radius 2 is 1.93 bits per heavy atom. The van der Waals surface area contributed by atoms with Crippen LogP contribution in [0.15, 0.2) is 60.7 Å².